The molecule has 0 saturated heterocycles. The highest BCUT2D eigenvalue weighted by Crippen LogP contribution is 2.11. The van der Waals surface area contributed by atoms with Gasteiger partial charge in [-0.1, -0.05) is 137 Å². The number of aliphatic carboxylic acids is 1. The van der Waals surface area contributed by atoms with Gasteiger partial charge < -0.3 is 28.6 Å². The van der Waals surface area contributed by atoms with Crippen molar-refractivity contribution in [3.8, 4) is 0 Å². The van der Waals surface area contributed by atoms with E-state index in [2.05, 4.69) is 50.3 Å². The molecular weight excluding hydrogens is 654 g/mol. The molecule has 0 aromatic heterocycles. The van der Waals surface area contributed by atoms with E-state index in [0.29, 0.717) is 12.8 Å². The maximum atomic E-state index is 12.6. The van der Waals surface area contributed by atoms with Crippen molar-refractivity contribution in [3.63, 3.8) is 0 Å². The molecule has 0 saturated carbocycles. The van der Waals surface area contributed by atoms with Gasteiger partial charge in [0.25, 0.3) is 0 Å². The van der Waals surface area contributed by atoms with Crippen molar-refractivity contribution in [1.82, 2.24) is 0 Å². The number of carbonyl (C=O) groups is 3. The first-order valence-corrected chi connectivity index (χ1v) is 19.4. The summed E-state index contributed by atoms with van der Waals surface area (Å²) in [7, 11) is 5.36. The summed E-state index contributed by atoms with van der Waals surface area (Å²) in [6, 6.07) is -0.742. The van der Waals surface area contributed by atoms with Crippen LogP contribution in [0, 0.1) is 0 Å². The Morgan fingerprint density at radius 3 is 1.52 bits per heavy atom. The number of ether oxygens (including phenoxy) is 3. The highest BCUT2D eigenvalue weighted by atomic mass is 16.6. The second-order valence-electron chi connectivity index (χ2n) is 13.6. The summed E-state index contributed by atoms with van der Waals surface area (Å²) in [4.78, 5) is 36.7. The Bertz CT molecular complexity index is 1170. The number of quaternary nitrogens is 1. The first-order chi connectivity index (χ1) is 25.1. The monoisotopic (exact) mass is 724 g/mol. The van der Waals surface area contributed by atoms with E-state index in [1.165, 1.54) is 0 Å². The molecule has 2 unspecified atom stereocenters. The van der Waals surface area contributed by atoms with Crippen LogP contribution in [0.4, 0.5) is 0 Å². The Kier molecular flexibility index (Phi) is 31.9. The highest BCUT2D eigenvalue weighted by molar-refractivity contribution is 5.70. The quantitative estimate of drug-likeness (QED) is 0.0297. The highest BCUT2D eigenvalue weighted by Gasteiger charge is 2.25. The molecular formula is C44H69NO7. The third-order valence-corrected chi connectivity index (χ3v) is 7.91. The van der Waals surface area contributed by atoms with Gasteiger partial charge in [0, 0.05) is 19.3 Å². The van der Waals surface area contributed by atoms with E-state index >= 15 is 0 Å². The molecule has 0 rings (SSSR count). The van der Waals surface area contributed by atoms with Crippen LogP contribution in [0.2, 0.25) is 0 Å². The van der Waals surface area contributed by atoms with E-state index < -0.39 is 18.1 Å². The summed E-state index contributed by atoms with van der Waals surface area (Å²) < 4.78 is 17.0. The smallest absolute Gasteiger partial charge is 0.306 e. The van der Waals surface area contributed by atoms with Crippen LogP contribution in [0.5, 0.6) is 0 Å². The number of carboxylic acid groups (broad SMARTS) is 1. The number of hydrogen-bond acceptors (Lipinski definition) is 7. The summed E-state index contributed by atoms with van der Waals surface area (Å²) >= 11 is 0. The lowest BCUT2D eigenvalue weighted by Gasteiger charge is -2.34. The van der Waals surface area contributed by atoms with Crippen molar-refractivity contribution < 1.29 is 38.2 Å². The molecule has 0 aromatic carbocycles. The Morgan fingerprint density at radius 1 is 0.577 bits per heavy atom. The van der Waals surface area contributed by atoms with Crippen molar-refractivity contribution in [2.24, 2.45) is 0 Å². The normalized spacial score (nSPS) is 14.1. The van der Waals surface area contributed by atoms with E-state index in [4.69, 9.17) is 14.2 Å². The molecule has 0 bridgehead atoms. The lowest BCUT2D eigenvalue weighted by Crippen LogP contribution is -2.55. The SMILES string of the molecule is CC/C=C/C=C/C=C/C=C/C=C/CCCCCC(=O)OC(COCCC(C(=O)[O-])[N+](C)(C)C)COC(=O)CCCCCCC/C=C/C=C/C=C/CC. The second kappa shape index (κ2) is 34.3. The number of nitrogens with zero attached hydrogens (tertiary/aromatic N) is 1. The average Bonchev–Trinajstić information content (AvgIpc) is 3.09. The van der Waals surface area contributed by atoms with Gasteiger partial charge in [0.2, 0.25) is 0 Å². The van der Waals surface area contributed by atoms with E-state index in [-0.39, 0.29) is 49.1 Å². The van der Waals surface area contributed by atoms with Crippen molar-refractivity contribution in [2.75, 3.05) is 41.0 Å². The van der Waals surface area contributed by atoms with Gasteiger partial charge in [-0.2, -0.15) is 0 Å². The van der Waals surface area contributed by atoms with Gasteiger partial charge in [0.1, 0.15) is 12.6 Å². The number of rotatable bonds is 32. The largest absolute Gasteiger partial charge is 0.544 e. The number of unbranched alkanes of at least 4 members (excludes halogenated alkanes) is 8. The number of allylic oxidation sites excluding steroid dienone is 16. The van der Waals surface area contributed by atoms with E-state index in [1.54, 1.807) is 21.1 Å². The Balaban J connectivity index is 4.57. The molecule has 0 radical (unpaired) electrons. The molecule has 292 valence electrons. The number of likely N-dealkylation sites (N-methyl/N-ethyl adjacent to an activating group) is 1. The first-order valence-electron chi connectivity index (χ1n) is 19.4. The molecule has 0 aliphatic carbocycles. The zero-order valence-electron chi connectivity index (χ0n) is 32.9. The molecule has 8 nitrogen and oxygen atoms in total. The standard InChI is InChI=1S/C44H69NO7/c1-6-8-10-12-14-16-18-20-21-23-25-27-29-31-33-35-43(47)52-40(38-50-37-36-41(44(48)49)45(3,4)5)39-51-42(46)34-32-30-28-26-24-22-19-17-15-13-11-9-7-2/h8-21,23,25,40-41H,6-7,22,24,26-39H2,1-5H3/b10-8+,11-9+,14-12+,15-13+,18-16+,19-17+,21-20+,25-23+. The van der Waals surface area contributed by atoms with Gasteiger partial charge in [-0.3, -0.25) is 9.59 Å². The van der Waals surface area contributed by atoms with Crippen molar-refractivity contribution in [3.05, 3.63) is 97.2 Å². The summed E-state index contributed by atoms with van der Waals surface area (Å²) in [5.41, 5.74) is 0. The molecule has 0 spiro atoms. The van der Waals surface area contributed by atoms with E-state index in [1.807, 2.05) is 60.8 Å². The molecule has 0 fully saturated rings. The summed E-state index contributed by atoms with van der Waals surface area (Å²) in [6.07, 6.45) is 44.3. The predicted octanol–water partition coefficient (Wildman–Crippen LogP) is 8.62. The molecule has 52 heavy (non-hydrogen) atoms. The third kappa shape index (κ3) is 32.2. The number of carboxylic acids is 1. The number of hydrogen-bond donors (Lipinski definition) is 0. The minimum atomic E-state index is -1.14. The van der Waals surface area contributed by atoms with Gasteiger partial charge in [0.05, 0.1) is 40.3 Å². The lowest BCUT2D eigenvalue weighted by atomic mass is 10.1. The third-order valence-electron chi connectivity index (χ3n) is 7.91. The average molecular weight is 724 g/mol. The van der Waals surface area contributed by atoms with Crippen LogP contribution >= 0.6 is 0 Å². The summed E-state index contributed by atoms with van der Waals surface area (Å²) in [5.74, 6) is -1.84. The number of carbonyl (C=O) groups excluding carboxylic acids is 3. The molecule has 0 aliphatic heterocycles. The fraction of sp³-hybridized carbons (Fsp3) is 0.568. The van der Waals surface area contributed by atoms with Gasteiger partial charge in [-0.25, -0.2) is 0 Å². The Labute approximate surface area is 316 Å². The van der Waals surface area contributed by atoms with Gasteiger partial charge in [0.15, 0.2) is 6.10 Å². The minimum Gasteiger partial charge on any atom is -0.544 e. The zero-order valence-corrected chi connectivity index (χ0v) is 32.9. The summed E-state index contributed by atoms with van der Waals surface area (Å²) in [5, 5.41) is 11.6. The summed E-state index contributed by atoms with van der Waals surface area (Å²) in [6.45, 7) is 4.27. The number of esters is 2. The molecule has 8 heteroatoms. The lowest BCUT2D eigenvalue weighted by molar-refractivity contribution is -0.889. The van der Waals surface area contributed by atoms with Gasteiger partial charge >= 0.3 is 11.9 Å². The van der Waals surface area contributed by atoms with Crippen molar-refractivity contribution in [1.29, 1.82) is 0 Å². The fourth-order valence-electron chi connectivity index (χ4n) is 4.91. The molecule has 0 N–H and O–H groups in total. The second-order valence-corrected chi connectivity index (χ2v) is 13.6. The zero-order chi connectivity index (χ0) is 38.5. The Hall–Kier alpha value is -3.75. The van der Waals surface area contributed by atoms with Crippen LogP contribution in [-0.4, -0.2) is 75.5 Å². The van der Waals surface area contributed by atoms with Crippen LogP contribution < -0.4 is 5.11 Å². The topological polar surface area (TPSA) is 102 Å². The van der Waals surface area contributed by atoms with E-state index in [9.17, 15) is 19.5 Å². The molecule has 2 atom stereocenters. The van der Waals surface area contributed by atoms with Gasteiger partial charge in [-0.15, -0.1) is 0 Å². The molecule has 0 amide bonds. The maximum absolute atomic E-state index is 12.6. The maximum Gasteiger partial charge on any atom is 0.306 e. The predicted molar refractivity (Wildman–Crippen MR) is 212 cm³/mol. The molecule has 0 heterocycles. The van der Waals surface area contributed by atoms with Crippen LogP contribution in [0.25, 0.3) is 0 Å². The van der Waals surface area contributed by atoms with Gasteiger partial charge in [-0.05, 0) is 51.4 Å². The fourth-order valence-corrected chi connectivity index (χ4v) is 4.91. The van der Waals surface area contributed by atoms with Crippen LogP contribution in [0.1, 0.15) is 110 Å². The van der Waals surface area contributed by atoms with Crippen LogP contribution in [-0.2, 0) is 28.6 Å². The van der Waals surface area contributed by atoms with Crippen molar-refractivity contribution in [2.45, 2.75) is 122 Å². The first kappa shape index (κ1) is 48.2. The van der Waals surface area contributed by atoms with Crippen molar-refractivity contribution >= 4 is 17.9 Å². The molecule has 0 aromatic rings. The minimum absolute atomic E-state index is 0.00923. The Morgan fingerprint density at radius 2 is 1.02 bits per heavy atom. The van der Waals surface area contributed by atoms with Crippen LogP contribution in [0.3, 0.4) is 0 Å². The van der Waals surface area contributed by atoms with E-state index in [0.717, 1.165) is 70.6 Å². The van der Waals surface area contributed by atoms with Crippen LogP contribution in [0.15, 0.2) is 97.2 Å². The molecule has 0 aliphatic rings.